The minimum absolute atomic E-state index is 0.0803. The molecular formula is C22H26O5. The maximum Gasteiger partial charge on any atom is 0.343 e. The first kappa shape index (κ1) is 20.5. The molecule has 2 aromatic carbocycles. The number of carbonyl (C=O) groups excluding carboxylic acids is 1. The van der Waals surface area contributed by atoms with Gasteiger partial charge in [-0.2, -0.15) is 0 Å². The van der Waals surface area contributed by atoms with Gasteiger partial charge in [-0.1, -0.05) is 32.3 Å². The van der Waals surface area contributed by atoms with E-state index in [0.717, 1.165) is 12.8 Å². The zero-order valence-corrected chi connectivity index (χ0v) is 15.8. The highest BCUT2D eigenvalue weighted by Gasteiger charge is 2.12. The molecule has 0 spiro atoms. The van der Waals surface area contributed by atoms with Gasteiger partial charge < -0.3 is 14.6 Å². The minimum atomic E-state index is -1.03. The standard InChI is InChI=1S/C22H26O5/c1-3-4-5-6-8-16(2)26-20-10-7-9-18(15-20)22(25)27-19-13-11-17(12-14-19)21(23)24/h7,9-16H,3-6,8H2,1-2H3,(H,23,24)/t16-/m0/s1. The lowest BCUT2D eigenvalue weighted by molar-refractivity contribution is 0.0696. The average Bonchev–Trinajstić information content (AvgIpc) is 2.66. The first-order chi connectivity index (χ1) is 13.0. The number of carboxylic acids is 1. The molecule has 5 heteroatoms. The van der Waals surface area contributed by atoms with Gasteiger partial charge in [-0.3, -0.25) is 0 Å². The highest BCUT2D eigenvalue weighted by molar-refractivity contribution is 5.92. The number of esters is 1. The Bertz CT molecular complexity index is 752. The van der Waals surface area contributed by atoms with Gasteiger partial charge in [0.15, 0.2) is 0 Å². The molecule has 0 heterocycles. The van der Waals surface area contributed by atoms with Crippen molar-refractivity contribution in [2.45, 2.75) is 52.1 Å². The molecule has 0 aromatic heterocycles. The summed E-state index contributed by atoms with van der Waals surface area (Å²) in [4.78, 5) is 23.2. The number of unbranched alkanes of at least 4 members (excludes halogenated alkanes) is 3. The Morgan fingerprint density at radius 1 is 0.963 bits per heavy atom. The van der Waals surface area contributed by atoms with Gasteiger partial charge in [-0.25, -0.2) is 9.59 Å². The van der Waals surface area contributed by atoms with E-state index in [9.17, 15) is 9.59 Å². The lowest BCUT2D eigenvalue weighted by Crippen LogP contribution is -2.13. The first-order valence-corrected chi connectivity index (χ1v) is 9.32. The number of aromatic carboxylic acids is 1. The minimum Gasteiger partial charge on any atom is -0.491 e. The van der Waals surface area contributed by atoms with Gasteiger partial charge in [0.25, 0.3) is 0 Å². The Balaban J connectivity index is 1.93. The van der Waals surface area contributed by atoms with Crippen molar-refractivity contribution in [2.24, 2.45) is 0 Å². The lowest BCUT2D eigenvalue weighted by Gasteiger charge is -2.15. The number of ether oxygens (including phenoxy) is 2. The fraction of sp³-hybridized carbons (Fsp3) is 0.364. The van der Waals surface area contributed by atoms with Gasteiger partial charge in [0.1, 0.15) is 11.5 Å². The molecule has 0 fully saturated rings. The smallest absolute Gasteiger partial charge is 0.343 e. The maximum absolute atomic E-state index is 12.3. The van der Waals surface area contributed by atoms with Crippen LogP contribution in [0, 0.1) is 0 Å². The van der Waals surface area contributed by atoms with Crippen LogP contribution in [0.25, 0.3) is 0 Å². The summed E-state index contributed by atoms with van der Waals surface area (Å²) in [6, 6.07) is 12.6. The van der Waals surface area contributed by atoms with Crippen LogP contribution in [0.15, 0.2) is 48.5 Å². The van der Waals surface area contributed by atoms with E-state index >= 15 is 0 Å². The van der Waals surface area contributed by atoms with Crippen LogP contribution < -0.4 is 9.47 Å². The topological polar surface area (TPSA) is 72.8 Å². The molecule has 0 aliphatic rings. The molecule has 0 saturated carbocycles. The van der Waals surface area contributed by atoms with Gasteiger partial charge in [-0.05, 0) is 62.2 Å². The third-order valence-electron chi connectivity index (χ3n) is 4.18. The van der Waals surface area contributed by atoms with Crippen LogP contribution in [0.4, 0.5) is 0 Å². The molecule has 0 aliphatic carbocycles. The third-order valence-corrected chi connectivity index (χ3v) is 4.18. The van der Waals surface area contributed by atoms with Crippen molar-refractivity contribution in [1.29, 1.82) is 0 Å². The van der Waals surface area contributed by atoms with E-state index in [1.54, 1.807) is 18.2 Å². The highest BCUT2D eigenvalue weighted by atomic mass is 16.5. The van der Waals surface area contributed by atoms with Crippen molar-refractivity contribution in [2.75, 3.05) is 0 Å². The monoisotopic (exact) mass is 370 g/mol. The van der Waals surface area contributed by atoms with Crippen molar-refractivity contribution < 1.29 is 24.2 Å². The van der Waals surface area contributed by atoms with Crippen LogP contribution in [0.1, 0.15) is 66.7 Å². The van der Waals surface area contributed by atoms with Gasteiger partial charge in [0.2, 0.25) is 0 Å². The van der Waals surface area contributed by atoms with E-state index in [2.05, 4.69) is 6.92 Å². The normalized spacial score (nSPS) is 11.6. The van der Waals surface area contributed by atoms with Crippen LogP contribution in [-0.4, -0.2) is 23.1 Å². The molecule has 0 radical (unpaired) electrons. The predicted molar refractivity (Wildman–Crippen MR) is 104 cm³/mol. The molecule has 0 unspecified atom stereocenters. The molecule has 0 bridgehead atoms. The molecule has 1 atom stereocenters. The van der Waals surface area contributed by atoms with Crippen LogP contribution in [0.3, 0.4) is 0 Å². The summed E-state index contributed by atoms with van der Waals surface area (Å²) >= 11 is 0. The predicted octanol–water partition coefficient (Wildman–Crippen LogP) is 5.34. The van der Waals surface area contributed by atoms with Crippen molar-refractivity contribution in [1.82, 2.24) is 0 Å². The summed E-state index contributed by atoms with van der Waals surface area (Å²) in [7, 11) is 0. The molecule has 27 heavy (non-hydrogen) atoms. The quantitative estimate of drug-likeness (QED) is 0.347. The van der Waals surface area contributed by atoms with Crippen molar-refractivity contribution in [3.05, 3.63) is 59.7 Å². The van der Waals surface area contributed by atoms with E-state index in [1.807, 2.05) is 13.0 Å². The SMILES string of the molecule is CCCCCC[C@H](C)Oc1cccc(C(=O)Oc2ccc(C(=O)O)cc2)c1. The van der Waals surface area contributed by atoms with Gasteiger partial charge in [0, 0.05) is 0 Å². The summed E-state index contributed by atoms with van der Waals surface area (Å²) in [6.07, 6.45) is 5.84. The third kappa shape index (κ3) is 6.77. The highest BCUT2D eigenvalue weighted by Crippen LogP contribution is 2.19. The lowest BCUT2D eigenvalue weighted by atomic mass is 10.1. The molecule has 0 saturated heterocycles. The van der Waals surface area contributed by atoms with Gasteiger partial charge in [-0.15, -0.1) is 0 Å². The fourth-order valence-corrected chi connectivity index (χ4v) is 2.68. The molecule has 144 valence electrons. The number of carboxylic acid groups (broad SMARTS) is 1. The average molecular weight is 370 g/mol. The van der Waals surface area contributed by atoms with Gasteiger partial charge in [0.05, 0.1) is 17.2 Å². The van der Waals surface area contributed by atoms with Crippen molar-refractivity contribution in [3.63, 3.8) is 0 Å². The van der Waals surface area contributed by atoms with E-state index in [-0.39, 0.29) is 11.7 Å². The van der Waals surface area contributed by atoms with Crippen LogP contribution in [-0.2, 0) is 0 Å². The second-order valence-corrected chi connectivity index (χ2v) is 6.52. The zero-order valence-electron chi connectivity index (χ0n) is 15.8. The number of carbonyl (C=O) groups is 2. The Kier molecular flexibility index (Phi) is 7.86. The van der Waals surface area contributed by atoms with Crippen LogP contribution in [0.2, 0.25) is 0 Å². The second kappa shape index (κ2) is 10.4. The zero-order chi connectivity index (χ0) is 19.6. The van der Waals surface area contributed by atoms with Crippen LogP contribution in [0.5, 0.6) is 11.5 Å². The molecule has 5 nitrogen and oxygen atoms in total. The number of rotatable bonds is 10. The largest absolute Gasteiger partial charge is 0.491 e. The molecular weight excluding hydrogens is 344 g/mol. The molecule has 2 rings (SSSR count). The van der Waals surface area contributed by atoms with Crippen molar-refractivity contribution >= 4 is 11.9 Å². The summed E-state index contributed by atoms with van der Waals surface area (Å²) in [5, 5.41) is 8.90. The fourth-order valence-electron chi connectivity index (χ4n) is 2.68. The van der Waals surface area contributed by atoms with E-state index < -0.39 is 11.9 Å². The number of hydrogen-bond donors (Lipinski definition) is 1. The number of benzene rings is 2. The Morgan fingerprint density at radius 3 is 2.37 bits per heavy atom. The molecule has 0 aliphatic heterocycles. The van der Waals surface area contributed by atoms with E-state index in [4.69, 9.17) is 14.6 Å². The maximum atomic E-state index is 12.3. The molecule has 2 aromatic rings. The summed E-state index contributed by atoms with van der Waals surface area (Å²) in [6.45, 7) is 4.21. The van der Waals surface area contributed by atoms with Crippen LogP contribution >= 0.6 is 0 Å². The Labute approximate surface area is 159 Å². The van der Waals surface area contributed by atoms with Gasteiger partial charge >= 0.3 is 11.9 Å². The Hall–Kier alpha value is -2.82. The first-order valence-electron chi connectivity index (χ1n) is 9.32. The number of hydrogen-bond acceptors (Lipinski definition) is 4. The summed E-state index contributed by atoms with van der Waals surface area (Å²) in [5.41, 5.74) is 0.520. The van der Waals surface area contributed by atoms with Crippen molar-refractivity contribution in [3.8, 4) is 11.5 Å². The Morgan fingerprint density at radius 2 is 1.70 bits per heavy atom. The molecule has 0 amide bonds. The van der Waals surface area contributed by atoms with E-state index in [0.29, 0.717) is 17.1 Å². The molecule has 1 N–H and O–H groups in total. The van der Waals surface area contributed by atoms with E-state index in [1.165, 1.54) is 43.5 Å². The summed E-state index contributed by atoms with van der Waals surface area (Å²) in [5.74, 6) is -0.616. The second-order valence-electron chi connectivity index (χ2n) is 6.52. The summed E-state index contributed by atoms with van der Waals surface area (Å²) < 4.78 is 11.2.